The van der Waals surface area contributed by atoms with Gasteiger partial charge in [0.1, 0.15) is 4.90 Å². The fourth-order valence-electron chi connectivity index (χ4n) is 3.30. The first-order valence-corrected chi connectivity index (χ1v) is 10.1. The third kappa shape index (κ3) is 3.62. The average molecular weight is 391 g/mol. The summed E-state index contributed by atoms with van der Waals surface area (Å²) in [7, 11) is -3.85. The molecule has 1 heterocycles. The van der Waals surface area contributed by atoms with E-state index in [4.69, 9.17) is 21.6 Å². The number of nitrogens with zero attached hydrogens (tertiary/aromatic N) is 1. The van der Waals surface area contributed by atoms with Crippen LogP contribution in [0.2, 0.25) is 5.02 Å². The van der Waals surface area contributed by atoms with Gasteiger partial charge in [-0.15, -0.1) is 0 Å². The van der Waals surface area contributed by atoms with Gasteiger partial charge in [-0.2, -0.15) is 5.26 Å². The largest absolute Gasteiger partial charge is 0.381 e. The lowest BCUT2D eigenvalue weighted by atomic mass is 9.83. The van der Waals surface area contributed by atoms with E-state index in [0.717, 1.165) is 5.56 Å². The molecule has 26 heavy (non-hydrogen) atoms. The van der Waals surface area contributed by atoms with Gasteiger partial charge in [-0.05, 0) is 49.1 Å². The van der Waals surface area contributed by atoms with Crippen LogP contribution in [-0.4, -0.2) is 21.6 Å². The summed E-state index contributed by atoms with van der Waals surface area (Å²) in [6.45, 7) is 2.62. The van der Waals surface area contributed by atoms with Crippen LogP contribution in [-0.2, 0) is 20.3 Å². The van der Waals surface area contributed by atoms with E-state index in [1.807, 2.05) is 0 Å². The van der Waals surface area contributed by atoms with Crippen LogP contribution in [0.5, 0.6) is 0 Å². The van der Waals surface area contributed by atoms with Gasteiger partial charge in [0, 0.05) is 13.2 Å². The van der Waals surface area contributed by atoms with Crippen molar-refractivity contribution < 1.29 is 13.2 Å². The molecule has 2 aromatic rings. The van der Waals surface area contributed by atoms with Crippen LogP contribution in [0, 0.1) is 18.3 Å². The lowest BCUT2D eigenvalue weighted by molar-refractivity contribution is 0.0459. The normalized spacial score (nSPS) is 16.8. The molecule has 0 bridgehead atoms. The van der Waals surface area contributed by atoms with Crippen molar-refractivity contribution in [2.24, 2.45) is 0 Å². The molecule has 0 aliphatic carbocycles. The highest BCUT2D eigenvalue weighted by atomic mass is 35.5. The number of aryl methyl sites for hydroxylation is 1. The lowest BCUT2D eigenvalue weighted by Gasteiger charge is -2.38. The van der Waals surface area contributed by atoms with E-state index in [2.05, 4.69) is 10.8 Å². The smallest absolute Gasteiger partial charge is 0.243 e. The van der Waals surface area contributed by atoms with E-state index in [-0.39, 0.29) is 9.92 Å². The van der Waals surface area contributed by atoms with Gasteiger partial charge in [-0.25, -0.2) is 13.1 Å². The van der Waals surface area contributed by atoms with Crippen LogP contribution in [0.15, 0.2) is 47.4 Å². The third-order valence-electron chi connectivity index (χ3n) is 4.68. The van der Waals surface area contributed by atoms with Gasteiger partial charge in [-0.1, -0.05) is 35.9 Å². The maximum atomic E-state index is 13.2. The Labute approximate surface area is 158 Å². The molecule has 136 valence electrons. The van der Waals surface area contributed by atoms with Gasteiger partial charge in [0.25, 0.3) is 0 Å². The Morgan fingerprint density at radius 2 is 1.81 bits per heavy atom. The molecule has 5 nitrogen and oxygen atoms in total. The van der Waals surface area contributed by atoms with Crippen molar-refractivity contribution >= 4 is 21.6 Å². The minimum absolute atomic E-state index is 0.0983. The molecule has 3 rings (SSSR count). The zero-order valence-corrected chi connectivity index (χ0v) is 15.9. The number of nitriles is 1. The van der Waals surface area contributed by atoms with Crippen LogP contribution < -0.4 is 4.72 Å². The van der Waals surface area contributed by atoms with E-state index in [9.17, 15) is 8.42 Å². The van der Waals surface area contributed by atoms with Gasteiger partial charge in [0.05, 0.1) is 22.2 Å². The van der Waals surface area contributed by atoms with Crippen LogP contribution in [0.1, 0.15) is 29.5 Å². The number of hydrogen-bond donors (Lipinski definition) is 1. The molecule has 1 saturated heterocycles. The Bertz CT molecular complexity index is 923. The molecule has 1 fully saturated rings. The maximum Gasteiger partial charge on any atom is 0.243 e. The Balaban J connectivity index is 2.05. The predicted octanol–water partition coefficient (Wildman–Crippen LogP) is 3.50. The molecule has 0 saturated carbocycles. The molecule has 2 aromatic carbocycles. The second-order valence-electron chi connectivity index (χ2n) is 6.37. The Morgan fingerprint density at radius 1 is 1.15 bits per heavy atom. The highest BCUT2D eigenvalue weighted by molar-refractivity contribution is 7.89. The first kappa shape index (κ1) is 18.9. The molecule has 7 heteroatoms. The third-order valence-corrected chi connectivity index (χ3v) is 6.84. The second kappa shape index (κ2) is 7.37. The Morgan fingerprint density at radius 3 is 2.38 bits per heavy atom. The highest BCUT2D eigenvalue weighted by Gasteiger charge is 2.39. The van der Waals surface area contributed by atoms with Crippen LogP contribution in [0.4, 0.5) is 0 Å². The molecule has 1 aliphatic rings. The predicted molar refractivity (Wildman–Crippen MR) is 99.4 cm³/mol. The van der Waals surface area contributed by atoms with Crippen LogP contribution in [0.25, 0.3) is 0 Å². The minimum atomic E-state index is -3.85. The summed E-state index contributed by atoms with van der Waals surface area (Å²) in [4.78, 5) is 0.0983. The summed E-state index contributed by atoms with van der Waals surface area (Å²) in [5.74, 6) is 0. The van der Waals surface area contributed by atoms with Gasteiger partial charge in [0.2, 0.25) is 10.0 Å². The fourth-order valence-corrected chi connectivity index (χ4v) is 5.58. The van der Waals surface area contributed by atoms with Crippen molar-refractivity contribution in [1.29, 1.82) is 5.26 Å². The van der Waals surface area contributed by atoms with E-state index in [1.165, 1.54) is 0 Å². The van der Waals surface area contributed by atoms with E-state index >= 15 is 0 Å². The number of nitrogens with one attached hydrogen (secondary N) is 1. The first-order chi connectivity index (χ1) is 12.4. The first-order valence-electron chi connectivity index (χ1n) is 8.25. The SMILES string of the molecule is Cc1cccc(Cl)c1S(=O)(=O)NC1(c2ccc(C#N)cc2)CCOCC1. The minimum Gasteiger partial charge on any atom is -0.381 e. The molecular formula is C19H19ClN2O3S. The maximum absolute atomic E-state index is 13.2. The van der Waals surface area contributed by atoms with E-state index < -0.39 is 15.6 Å². The van der Waals surface area contributed by atoms with Crippen molar-refractivity contribution in [3.63, 3.8) is 0 Å². The quantitative estimate of drug-likeness (QED) is 0.866. The molecule has 0 spiro atoms. The lowest BCUT2D eigenvalue weighted by Crippen LogP contribution is -2.49. The van der Waals surface area contributed by atoms with Crippen molar-refractivity contribution in [3.05, 3.63) is 64.2 Å². The summed E-state index contributed by atoms with van der Waals surface area (Å²) < 4.78 is 34.6. The fraction of sp³-hybridized carbons (Fsp3) is 0.316. The molecular weight excluding hydrogens is 372 g/mol. The number of rotatable bonds is 4. The van der Waals surface area contributed by atoms with Crippen LogP contribution in [0.3, 0.4) is 0 Å². The summed E-state index contributed by atoms with van der Waals surface area (Å²) in [5, 5.41) is 9.20. The number of ether oxygens (including phenoxy) is 1. The number of halogens is 1. The monoisotopic (exact) mass is 390 g/mol. The molecule has 0 atom stereocenters. The molecule has 1 N–H and O–H groups in total. The van der Waals surface area contributed by atoms with Gasteiger partial charge < -0.3 is 4.74 Å². The zero-order chi connectivity index (χ0) is 18.8. The average Bonchev–Trinajstić information content (AvgIpc) is 2.62. The summed E-state index contributed by atoms with van der Waals surface area (Å²) in [6, 6.07) is 14.1. The van der Waals surface area contributed by atoms with Gasteiger partial charge >= 0.3 is 0 Å². The van der Waals surface area contributed by atoms with Crippen molar-refractivity contribution in [2.75, 3.05) is 13.2 Å². The van der Waals surface area contributed by atoms with Gasteiger partial charge in [-0.3, -0.25) is 0 Å². The standard InChI is InChI=1S/C19H19ClN2O3S/c1-14-3-2-4-17(20)18(14)26(23,24)22-19(9-11-25-12-10-19)16-7-5-15(13-21)6-8-16/h2-8,22H,9-12H2,1H3. The molecule has 0 unspecified atom stereocenters. The van der Waals surface area contributed by atoms with Crippen molar-refractivity contribution in [2.45, 2.75) is 30.2 Å². The van der Waals surface area contributed by atoms with Gasteiger partial charge in [0.15, 0.2) is 0 Å². The summed E-state index contributed by atoms with van der Waals surface area (Å²) in [6.07, 6.45) is 1.00. The van der Waals surface area contributed by atoms with E-state index in [0.29, 0.717) is 37.2 Å². The molecule has 1 aliphatic heterocycles. The highest BCUT2D eigenvalue weighted by Crippen LogP contribution is 2.35. The van der Waals surface area contributed by atoms with Crippen LogP contribution >= 0.6 is 11.6 Å². The number of sulfonamides is 1. The van der Waals surface area contributed by atoms with Crippen molar-refractivity contribution in [1.82, 2.24) is 4.72 Å². The molecule has 0 amide bonds. The summed E-state index contributed by atoms with van der Waals surface area (Å²) >= 11 is 6.18. The van der Waals surface area contributed by atoms with Crippen molar-refractivity contribution in [3.8, 4) is 6.07 Å². The van der Waals surface area contributed by atoms with E-state index in [1.54, 1.807) is 49.4 Å². The summed E-state index contributed by atoms with van der Waals surface area (Å²) in [5.41, 5.74) is 1.14. The topological polar surface area (TPSA) is 79.2 Å². The second-order valence-corrected chi connectivity index (χ2v) is 8.40. The Hall–Kier alpha value is -1.91. The molecule has 0 radical (unpaired) electrons. The number of hydrogen-bond acceptors (Lipinski definition) is 4. The number of benzene rings is 2. The molecule has 0 aromatic heterocycles. The Kier molecular flexibility index (Phi) is 5.35. The zero-order valence-electron chi connectivity index (χ0n) is 14.3.